The molecule has 1 aliphatic heterocycles. The van der Waals surface area contributed by atoms with Crippen LogP contribution in [0.5, 0.6) is 0 Å². The second-order valence-corrected chi connectivity index (χ2v) is 8.96. The first-order chi connectivity index (χ1) is 15.2. The lowest BCUT2D eigenvalue weighted by Gasteiger charge is -2.29. The lowest BCUT2D eigenvalue weighted by atomic mass is 9.99. The largest absolute Gasteiger partial charge is 0.348 e. The van der Waals surface area contributed by atoms with E-state index in [4.69, 9.17) is 9.47 Å². The fraction of sp³-hybridized carbons (Fsp3) is 0.571. The Morgan fingerprint density at radius 2 is 1.48 bits per heavy atom. The maximum atomic E-state index is 14.9. The molecule has 0 amide bonds. The number of rotatable bonds is 12. The molecule has 1 saturated heterocycles. The SMILES string of the molecule is CCCCCCCc1ccc(-c2ccc(C3OCC(CCCCC)CO3)cc2F)cc1. The molecule has 0 aliphatic carbocycles. The van der Waals surface area contributed by atoms with Crippen molar-refractivity contribution in [1.82, 2.24) is 0 Å². The average Bonchev–Trinajstić information content (AvgIpc) is 2.80. The highest BCUT2D eigenvalue weighted by atomic mass is 19.1. The van der Waals surface area contributed by atoms with Gasteiger partial charge >= 0.3 is 0 Å². The summed E-state index contributed by atoms with van der Waals surface area (Å²) >= 11 is 0. The summed E-state index contributed by atoms with van der Waals surface area (Å²) in [6.07, 6.45) is 11.9. The van der Waals surface area contributed by atoms with E-state index in [-0.39, 0.29) is 5.82 Å². The van der Waals surface area contributed by atoms with Gasteiger partial charge in [0.25, 0.3) is 0 Å². The second-order valence-electron chi connectivity index (χ2n) is 8.96. The monoisotopic (exact) mass is 426 g/mol. The number of hydrogen-bond acceptors (Lipinski definition) is 2. The number of halogens is 1. The van der Waals surface area contributed by atoms with E-state index in [0.29, 0.717) is 24.7 Å². The van der Waals surface area contributed by atoms with E-state index in [1.807, 2.05) is 24.3 Å². The van der Waals surface area contributed by atoms with Crippen molar-refractivity contribution in [3.05, 3.63) is 59.4 Å². The third-order valence-corrected chi connectivity index (χ3v) is 6.28. The second kappa shape index (κ2) is 13.0. The van der Waals surface area contributed by atoms with E-state index in [0.717, 1.165) is 24.0 Å². The van der Waals surface area contributed by atoms with Crippen molar-refractivity contribution in [2.24, 2.45) is 5.92 Å². The third kappa shape index (κ3) is 7.43. The molecular weight excluding hydrogens is 387 g/mol. The molecule has 1 fully saturated rings. The van der Waals surface area contributed by atoms with Crippen LogP contribution in [0.15, 0.2) is 42.5 Å². The van der Waals surface area contributed by atoms with Crippen LogP contribution >= 0.6 is 0 Å². The van der Waals surface area contributed by atoms with E-state index in [1.165, 1.54) is 56.9 Å². The first-order valence-corrected chi connectivity index (χ1v) is 12.3. The first kappa shape index (κ1) is 23.9. The number of hydrogen-bond donors (Lipinski definition) is 0. The molecule has 3 rings (SSSR count). The predicted molar refractivity (Wildman–Crippen MR) is 127 cm³/mol. The van der Waals surface area contributed by atoms with Gasteiger partial charge in [0.15, 0.2) is 6.29 Å². The number of aryl methyl sites for hydroxylation is 1. The summed E-state index contributed by atoms with van der Waals surface area (Å²) in [7, 11) is 0. The predicted octanol–water partition coefficient (Wildman–Crippen LogP) is 8.25. The summed E-state index contributed by atoms with van der Waals surface area (Å²) in [6.45, 7) is 5.84. The molecule has 1 aliphatic rings. The van der Waals surface area contributed by atoms with E-state index >= 15 is 0 Å². The molecule has 0 atom stereocenters. The summed E-state index contributed by atoms with van der Waals surface area (Å²) < 4.78 is 26.7. The lowest BCUT2D eigenvalue weighted by molar-refractivity contribution is -0.206. The van der Waals surface area contributed by atoms with Crippen LogP contribution in [-0.2, 0) is 15.9 Å². The molecule has 2 nitrogen and oxygen atoms in total. The Hall–Kier alpha value is -1.71. The van der Waals surface area contributed by atoms with Gasteiger partial charge in [-0.2, -0.15) is 0 Å². The van der Waals surface area contributed by atoms with Crippen LogP contribution in [0.3, 0.4) is 0 Å². The molecule has 2 aromatic rings. The van der Waals surface area contributed by atoms with Crippen molar-refractivity contribution in [2.45, 2.75) is 84.3 Å². The van der Waals surface area contributed by atoms with Crippen LogP contribution in [0.4, 0.5) is 4.39 Å². The molecule has 2 aromatic carbocycles. The highest BCUT2D eigenvalue weighted by molar-refractivity contribution is 5.64. The number of ether oxygens (including phenoxy) is 2. The van der Waals surface area contributed by atoms with Crippen molar-refractivity contribution in [3.8, 4) is 11.1 Å². The summed E-state index contributed by atoms with van der Waals surface area (Å²) in [6, 6.07) is 13.7. The molecule has 31 heavy (non-hydrogen) atoms. The Kier molecular flexibility index (Phi) is 10.0. The van der Waals surface area contributed by atoms with Gasteiger partial charge in [-0.25, -0.2) is 4.39 Å². The molecule has 0 spiro atoms. The van der Waals surface area contributed by atoms with Crippen molar-refractivity contribution in [1.29, 1.82) is 0 Å². The topological polar surface area (TPSA) is 18.5 Å². The van der Waals surface area contributed by atoms with Gasteiger partial charge in [-0.1, -0.05) is 95.2 Å². The first-order valence-electron chi connectivity index (χ1n) is 12.3. The standard InChI is InChI=1S/C28H39FO2/c1-3-5-7-8-10-11-22-13-15-24(16-14-22)26-18-17-25(19-27(26)29)28-30-20-23(21-31-28)12-9-6-4-2/h13-19,23,28H,3-12,20-21H2,1-2H3. The lowest BCUT2D eigenvalue weighted by Crippen LogP contribution is -2.27. The van der Waals surface area contributed by atoms with Crippen LogP contribution in [-0.4, -0.2) is 13.2 Å². The van der Waals surface area contributed by atoms with E-state index in [1.54, 1.807) is 6.07 Å². The summed E-state index contributed by atoms with van der Waals surface area (Å²) in [5.74, 6) is 0.235. The molecular formula is C28H39FO2. The van der Waals surface area contributed by atoms with Gasteiger partial charge < -0.3 is 9.47 Å². The van der Waals surface area contributed by atoms with Gasteiger partial charge in [0.05, 0.1) is 13.2 Å². The highest BCUT2D eigenvalue weighted by Gasteiger charge is 2.24. The quantitative estimate of drug-likeness (QED) is 0.318. The minimum atomic E-state index is -0.457. The molecule has 0 bridgehead atoms. The van der Waals surface area contributed by atoms with Crippen LogP contribution in [0.25, 0.3) is 11.1 Å². The summed E-state index contributed by atoms with van der Waals surface area (Å²) in [4.78, 5) is 0. The molecule has 1 heterocycles. The Morgan fingerprint density at radius 3 is 2.16 bits per heavy atom. The van der Waals surface area contributed by atoms with E-state index < -0.39 is 6.29 Å². The van der Waals surface area contributed by atoms with Crippen molar-refractivity contribution >= 4 is 0 Å². The zero-order valence-corrected chi connectivity index (χ0v) is 19.4. The van der Waals surface area contributed by atoms with E-state index in [9.17, 15) is 4.39 Å². The highest BCUT2D eigenvalue weighted by Crippen LogP contribution is 2.31. The zero-order valence-electron chi connectivity index (χ0n) is 19.4. The van der Waals surface area contributed by atoms with Crippen molar-refractivity contribution in [2.75, 3.05) is 13.2 Å². The Labute approximate surface area is 188 Å². The Balaban J connectivity index is 1.52. The van der Waals surface area contributed by atoms with E-state index in [2.05, 4.69) is 26.0 Å². The Morgan fingerprint density at radius 1 is 0.806 bits per heavy atom. The molecule has 3 heteroatoms. The van der Waals surface area contributed by atoms with Gasteiger partial charge in [0, 0.05) is 17.0 Å². The maximum Gasteiger partial charge on any atom is 0.183 e. The van der Waals surface area contributed by atoms with Crippen LogP contribution in [0, 0.1) is 11.7 Å². The summed E-state index contributed by atoms with van der Waals surface area (Å²) in [5, 5.41) is 0. The smallest absolute Gasteiger partial charge is 0.183 e. The average molecular weight is 427 g/mol. The normalized spacial score (nSPS) is 18.9. The van der Waals surface area contributed by atoms with Gasteiger partial charge in [-0.05, 0) is 36.5 Å². The molecule has 0 N–H and O–H groups in total. The number of benzene rings is 2. The summed E-state index contributed by atoms with van der Waals surface area (Å²) in [5.41, 5.74) is 3.64. The van der Waals surface area contributed by atoms with Gasteiger partial charge in [-0.15, -0.1) is 0 Å². The minimum absolute atomic E-state index is 0.220. The molecule has 0 saturated carbocycles. The van der Waals surface area contributed by atoms with Crippen LogP contribution in [0.1, 0.15) is 89.1 Å². The maximum absolute atomic E-state index is 14.9. The molecule has 0 aromatic heterocycles. The van der Waals surface area contributed by atoms with Gasteiger partial charge in [0.1, 0.15) is 5.82 Å². The van der Waals surface area contributed by atoms with Gasteiger partial charge in [0.2, 0.25) is 0 Å². The molecule has 0 unspecified atom stereocenters. The fourth-order valence-corrected chi connectivity index (χ4v) is 4.28. The number of unbranched alkanes of at least 4 members (excludes halogenated alkanes) is 6. The van der Waals surface area contributed by atoms with Crippen molar-refractivity contribution < 1.29 is 13.9 Å². The third-order valence-electron chi connectivity index (χ3n) is 6.28. The Bertz CT molecular complexity index is 763. The zero-order chi connectivity index (χ0) is 21.9. The molecule has 0 radical (unpaired) electrons. The fourth-order valence-electron chi connectivity index (χ4n) is 4.28. The van der Waals surface area contributed by atoms with Gasteiger partial charge in [-0.3, -0.25) is 0 Å². The van der Waals surface area contributed by atoms with Crippen LogP contribution < -0.4 is 0 Å². The van der Waals surface area contributed by atoms with Crippen molar-refractivity contribution in [3.63, 3.8) is 0 Å². The molecule has 170 valence electrons. The van der Waals surface area contributed by atoms with Crippen LogP contribution in [0.2, 0.25) is 0 Å². The minimum Gasteiger partial charge on any atom is -0.348 e.